The summed E-state index contributed by atoms with van der Waals surface area (Å²) in [6, 6.07) is 8.72. The maximum Gasteiger partial charge on any atom is 0.254 e. The molecule has 0 aliphatic carbocycles. The SMILES string of the molecule is CC(O)CC(C)(C)CNC(=O)C1CCCCN1C(=O)c1ccccc1. The summed E-state index contributed by atoms with van der Waals surface area (Å²) >= 11 is 0. The number of aliphatic hydroxyl groups excluding tert-OH is 1. The van der Waals surface area contributed by atoms with Gasteiger partial charge < -0.3 is 15.3 Å². The molecule has 5 heteroatoms. The molecule has 2 atom stereocenters. The van der Waals surface area contributed by atoms with Crippen LogP contribution in [0.1, 0.15) is 56.8 Å². The number of nitrogens with zero attached hydrogens (tertiary/aromatic N) is 1. The summed E-state index contributed by atoms with van der Waals surface area (Å²) in [5.41, 5.74) is 0.434. The van der Waals surface area contributed by atoms with Gasteiger partial charge >= 0.3 is 0 Å². The number of aliphatic hydroxyl groups is 1. The summed E-state index contributed by atoms with van der Waals surface area (Å²) in [5, 5.41) is 12.6. The molecular weight excluding hydrogens is 316 g/mol. The standard InChI is InChI=1S/C20H30N2O3/c1-15(23)13-20(2,3)14-21-18(24)17-11-7-8-12-22(17)19(25)16-9-5-4-6-10-16/h4-6,9-10,15,17,23H,7-8,11-14H2,1-3H3,(H,21,24). The Labute approximate surface area is 150 Å². The topological polar surface area (TPSA) is 69.6 Å². The highest BCUT2D eigenvalue weighted by molar-refractivity contribution is 5.97. The first-order valence-corrected chi connectivity index (χ1v) is 9.12. The van der Waals surface area contributed by atoms with Crippen LogP contribution in [-0.2, 0) is 4.79 Å². The van der Waals surface area contributed by atoms with Crippen molar-refractivity contribution in [1.29, 1.82) is 0 Å². The molecule has 1 heterocycles. The summed E-state index contributed by atoms with van der Waals surface area (Å²) < 4.78 is 0. The van der Waals surface area contributed by atoms with Gasteiger partial charge in [-0.25, -0.2) is 0 Å². The van der Waals surface area contributed by atoms with E-state index in [9.17, 15) is 14.7 Å². The predicted octanol–water partition coefficient (Wildman–Crippen LogP) is 2.59. The van der Waals surface area contributed by atoms with E-state index in [1.54, 1.807) is 24.0 Å². The van der Waals surface area contributed by atoms with Crippen LogP contribution >= 0.6 is 0 Å². The van der Waals surface area contributed by atoms with Gasteiger partial charge in [0.2, 0.25) is 5.91 Å². The first kappa shape index (κ1) is 19.4. The number of hydrogen-bond donors (Lipinski definition) is 2. The van der Waals surface area contributed by atoms with E-state index in [1.165, 1.54) is 0 Å². The first-order chi connectivity index (χ1) is 11.8. The molecule has 138 valence electrons. The molecule has 2 rings (SSSR count). The number of amides is 2. The Bertz CT molecular complexity index is 584. The molecule has 1 aromatic carbocycles. The fraction of sp³-hybridized carbons (Fsp3) is 0.600. The Hall–Kier alpha value is -1.88. The lowest BCUT2D eigenvalue weighted by Crippen LogP contribution is -2.53. The second-order valence-corrected chi connectivity index (χ2v) is 7.81. The molecule has 0 bridgehead atoms. The van der Waals surface area contributed by atoms with Gasteiger partial charge in [-0.3, -0.25) is 9.59 Å². The Morgan fingerprint density at radius 2 is 1.96 bits per heavy atom. The number of carbonyl (C=O) groups is 2. The molecule has 2 N–H and O–H groups in total. The van der Waals surface area contributed by atoms with E-state index >= 15 is 0 Å². The van der Waals surface area contributed by atoms with Gasteiger partial charge in [0, 0.05) is 18.7 Å². The molecule has 0 radical (unpaired) electrons. The van der Waals surface area contributed by atoms with Crippen LogP contribution in [0.15, 0.2) is 30.3 Å². The summed E-state index contributed by atoms with van der Waals surface area (Å²) in [7, 11) is 0. The molecule has 0 aromatic heterocycles. The maximum atomic E-state index is 12.8. The van der Waals surface area contributed by atoms with Crippen molar-refractivity contribution in [1.82, 2.24) is 10.2 Å². The van der Waals surface area contributed by atoms with Crippen LogP contribution in [0, 0.1) is 5.41 Å². The summed E-state index contributed by atoms with van der Waals surface area (Å²) in [6.45, 7) is 6.90. The van der Waals surface area contributed by atoms with Crippen LogP contribution in [0.5, 0.6) is 0 Å². The van der Waals surface area contributed by atoms with Crippen LogP contribution in [0.2, 0.25) is 0 Å². The highest BCUT2D eigenvalue weighted by Gasteiger charge is 2.33. The van der Waals surface area contributed by atoms with Crippen LogP contribution in [0.25, 0.3) is 0 Å². The number of piperidine rings is 1. The van der Waals surface area contributed by atoms with Gasteiger partial charge in [-0.1, -0.05) is 32.0 Å². The van der Waals surface area contributed by atoms with E-state index in [-0.39, 0.29) is 17.2 Å². The highest BCUT2D eigenvalue weighted by Crippen LogP contribution is 2.23. The average molecular weight is 346 g/mol. The van der Waals surface area contributed by atoms with Gasteiger partial charge in [-0.15, -0.1) is 0 Å². The van der Waals surface area contributed by atoms with Crippen molar-refractivity contribution in [3.05, 3.63) is 35.9 Å². The minimum Gasteiger partial charge on any atom is -0.393 e. The Morgan fingerprint density at radius 3 is 2.60 bits per heavy atom. The summed E-state index contributed by atoms with van der Waals surface area (Å²) in [4.78, 5) is 27.2. The minimum atomic E-state index is -0.413. The molecule has 2 unspecified atom stereocenters. The molecule has 1 aromatic rings. The van der Waals surface area contributed by atoms with Gasteiger partial charge in [0.15, 0.2) is 0 Å². The molecule has 1 aliphatic heterocycles. The minimum absolute atomic E-state index is 0.0799. The maximum absolute atomic E-state index is 12.8. The van der Waals surface area contributed by atoms with Crippen molar-refractivity contribution in [3.8, 4) is 0 Å². The lowest BCUT2D eigenvalue weighted by molar-refractivity contribution is -0.127. The Morgan fingerprint density at radius 1 is 1.28 bits per heavy atom. The largest absolute Gasteiger partial charge is 0.393 e. The van der Waals surface area contributed by atoms with E-state index in [0.29, 0.717) is 31.5 Å². The van der Waals surface area contributed by atoms with E-state index in [4.69, 9.17) is 0 Å². The lowest BCUT2D eigenvalue weighted by Gasteiger charge is -2.36. The third kappa shape index (κ3) is 5.56. The van der Waals surface area contributed by atoms with Gasteiger partial charge in [0.1, 0.15) is 6.04 Å². The third-order valence-electron chi connectivity index (χ3n) is 4.68. The number of nitrogens with one attached hydrogen (secondary N) is 1. The molecule has 1 saturated heterocycles. The predicted molar refractivity (Wildman–Crippen MR) is 98.2 cm³/mol. The van der Waals surface area contributed by atoms with Gasteiger partial charge in [-0.2, -0.15) is 0 Å². The van der Waals surface area contributed by atoms with Gasteiger partial charge in [-0.05, 0) is 50.2 Å². The van der Waals surface area contributed by atoms with Crippen LogP contribution in [0.4, 0.5) is 0 Å². The van der Waals surface area contributed by atoms with E-state index in [0.717, 1.165) is 12.8 Å². The van der Waals surface area contributed by atoms with E-state index in [1.807, 2.05) is 32.0 Å². The molecule has 0 saturated carbocycles. The quantitative estimate of drug-likeness (QED) is 0.832. The van der Waals surface area contributed by atoms with Crippen molar-refractivity contribution >= 4 is 11.8 Å². The Kier molecular flexibility index (Phi) is 6.59. The second-order valence-electron chi connectivity index (χ2n) is 7.81. The molecule has 0 spiro atoms. The van der Waals surface area contributed by atoms with Gasteiger partial charge in [0.25, 0.3) is 5.91 Å². The fourth-order valence-corrected chi connectivity index (χ4v) is 3.51. The summed E-state index contributed by atoms with van der Waals surface area (Å²) in [5.74, 6) is -0.175. The molecule has 2 amide bonds. The normalized spacial score (nSPS) is 19.4. The van der Waals surface area contributed by atoms with E-state index in [2.05, 4.69) is 5.32 Å². The smallest absolute Gasteiger partial charge is 0.254 e. The molecule has 5 nitrogen and oxygen atoms in total. The van der Waals surface area contributed by atoms with Gasteiger partial charge in [0.05, 0.1) is 6.10 Å². The Balaban J connectivity index is 2.02. The van der Waals surface area contributed by atoms with Crippen molar-refractivity contribution in [2.75, 3.05) is 13.1 Å². The van der Waals surface area contributed by atoms with Crippen molar-refractivity contribution in [2.24, 2.45) is 5.41 Å². The monoisotopic (exact) mass is 346 g/mol. The van der Waals surface area contributed by atoms with Crippen molar-refractivity contribution in [2.45, 2.75) is 58.6 Å². The lowest BCUT2D eigenvalue weighted by atomic mass is 9.87. The van der Waals surface area contributed by atoms with Crippen LogP contribution in [0.3, 0.4) is 0 Å². The first-order valence-electron chi connectivity index (χ1n) is 9.12. The number of rotatable bonds is 6. The third-order valence-corrected chi connectivity index (χ3v) is 4.68. The van der Waals surface area contributed by atoms with Crippen LogP contribution in [-0.4, -0.2) is 47.1 Å². The number of benzene rings is 1. The average Bonchev–Trinajstić information content (AvgIpc) is 2.59. The molecule has 25 heavy (non-hydrogen) atoms. The zero-order valence-electron chi connectivity index (χ0n) is 15.5. The zero-order chi connectivity index (χ0) is 18.4. The van der Waals surface area contributed by atoms with Crippen molar-refractivity contribution < 1.29 is 14.7 Å². The molecule has 1 fully saturated rings. The number of hydrogen-bond acceptors (Lipinski definition) is 3. The number of likely N-dealkylation sites (tertiary alicyclic amines) is 1. The fourth-order valence-electron chi connectivity index (χ4n) is 3.51. The van der Waals surface area contributed by atoms with Crippen LogP contribution < -0.4 is 5.32 Å². The molecular formula is C20H30N2O3. The highest BCUT2D eigenvalue weighted by atomic mass is 16.3. The second kappa shape index (κ2) is 8.48. The zero-order valence-corrected chi connectivity index (χ0v) is 15.5. The van der Waals surface area contributed by atoms with E-state index < -0.39 is 12.1 Å². The van der Waals surface area contributed by atoms with Crippen molar-refractivity contribution in [3.63, 3.8) is 0 Å². The number of carbonyl (C=O) groups excluding carboxylic acids is 2. The summed E-state index contributed by atoms with van der Waals surface area (Å²) in [6.07, 6.45) is 2.79. The molecule has 1 aliphatic rings.